The fourth-order valence-corrected chi connectivity index (χ4v) is 4.66. The van der Waals surface area contributed by atoms with Crippen molar-refractivity contribution in [2.75, 3.05) is 43.4 Å². The highest BCUT2D eigenvalue weighted by molar-refractivity contribution is 5.87. The van der Waals surface area contributed by atoms with Crippen LogP contribution in [0.1, 0.15) is 6.92 Å². The minimum Gasteiger partial charge on any atom is -0.479 e. The zero-order chi connectivity index (χ0) is 28.0. The minimum atomic E-state index is -1.27. The summed E-state index contributed by atoms with van der Waals surface area (Å²) in [6.45, 7) is 4.76. The minimum absolute atomic E-state index is 0.167. The van der Waals surface area contributed by atoms with Crippen LogP contribution in [0.3, 0.4) is 0 Å². The van der Waals surface area contributed by atoms with Crippen molar-refractivity contribution in [1.29, 1.82) is 0 Å². The van der Waals surface area contributed by atoms with Gasteiger partial charge in [-0.1, -0.05) is 0 Å². The number of rotatable bonds is 8. The zero-order valence-electron chi connectivity index (χ0n) is 21.4. The van der Waals surface area contributed by atoms with Crippen LogP contribution in [0.25, 0.3) is 28.4 Å². The number of nitrogens with two attached hydrogens (primary N) is 1. The highest BCUT2D eigenvalue weighted by Gasteiger charge is 2.24. The standard InChI is InChI=1S/C25H25F2N9O4/c1-14(24(37)38)40-19-12-17(15(26)11-16(19)27)34-7-4-33(5-8-34)6-9-35-13-29-20-22(35)31-25(28)36-23(20)30-21(32-36)18-3-2-10-39-18/h2-3,10-14H,4-9H2,1H3,(H2,28,31)(H,37,38)/t14-/m1/s1. The zero-order valence-corrected chi connectivity index (χ0v) is 21.4. The first kappa shape index (κ1) is 25.5. The summed E-state index contributed by atoms with van der Waals surface area (Å²) in [6.07, 6.45) is 1.95. The van der Waals surface area contributed by atoms with Gasteiger partial charge < -0.3 is 29.5 Å². The lowest BCUT2D eigenvalue weighted by Gasteiger charge is -2.36. The topological polar surface area (TPSA) is 153 Å². The number of benzene rings is 1. The predicted molar refractivity (Wildman–Crippen MR) is 139 cm³/mol. The summed E-state index contributed by atoms with van der Waals surface area (Å²) in [6, 6.07) is 5.44. The van der Waals surface area contributed by atoms with Crippen LogP contribution >= 0.6 is 0 Å². The van der Waals surface area contributed by atoms with Gasteiger partial charge in [0.2, 0.25) is 11.8 Å². The van der Waals surface area contributed by atoms with E-state index in [2.05, 4.69) is 25.0 Å². The molecule has 0 aliphatic carbocycles. The smallest absolute Gasteiger partial charge is 0.344 e. The molecule has 0 amide bonds. The number of carboxylic acid groups (broad SMARTS) is 1. The molecule has 1 aromatic carbocycles. The van der Waals surface area contributed by atoms with Crippen LogP contribution in [0, 0.1) is 11.6 Å². The van der Waals surface area contributed by atoms with Gasteiger partial charge in [0.1, 0.15) is 5.82 Å². The number of furan rings is 1. The number of nitrogen functional groups attached to an aromatic ring is 1. The summed E-state index contributed by atoms with van der Waals surface area (Å²) >= 11 is 0. The number of carboxylic acids is 1. The molecule has 1 atom stereocenters. The van der Waals surface area contributed by atoms with E-state index in [9.17, 15) is 13.6 Å². The molecular formula is C25H25F2N9O4. The van der Waals surface area contributed by atoms with Gasteiger partial charge in [-0.25, -0.2) is 23.5 Å². The average Bonchev–Trinajstić information content (AvgIpc) is 3.69. The molecule has 1 aliphatic heterocycles. The molecule has 0 radical (unpaired) electrons. The van der Waals surface area contributed by atoms with Gasteiger partial charge in [-0.3, -0.25) is 4.90 Å². The Bertz CT molecular complexity index is 1690. The number of nitrogens with zero attached hydrogens (tertiary/aromatic N) is 8. The molecule has 1 saturated heterocycles. The Morgan fingerprint density at radius 1 is 1.15 bits per heavy atom. The Balaban J connectivity index is 1.13. The fourth-order valence-electron chi connectivity index (χ4n) is 4.66. The number of carbonyl (C=O) groups is 1. The van der Waals surface area contributed by atoms with Gasteiger partial charge in [0, 0.05) is 51.4 Å². The molecule has 3 N–H and O–H groups in total. The maximum absolute atomic E-state index is 14.6. The van der Waals surface area contributed by atoms with Gasteiger partial charge in [-0.15, -0.1) is 5.10 Å². The summed E-state index contributed by atoms with van der Waals surface area (Å²) in [5.74, 6) is -2.16. The van der Waals surface area contributed by atoms with E-state index in [1.54, 1.807) is 23.4 Å². The lowest BCUT2D eigenvalue weighted by Crippen LogP contribution is -2.47. The Morgan fingerprint density at radius 2 is 1.95 bits per heavy atom. The number of ether oxygens (including phenoxy) is 1. The van der Waals surface area contributed by atoms with Crippen molar-refractivity contribution in [2.24, 2.45) is 0 Å². The normalized spacial score (nSPS) is 15.2. The van der Waals surface area contributed by atoms with E-state index in [1.165, 1.54) is 23.8 Å². The third-order valence-electron chi connectivity index (χ3n) is 6.83. The largest absolute Gasteiger partial charge is 0.479 e. The molecule has 0 saturated carbocycles. The fraction of sp³-hybridized carbons (Fsp3) is 0.320. The Kier molecular flexibility index (Phi) is 6.42. The Labute approximate surface area is 225 Å². The number of imidazole rings is 1. The molecule has 13 nitrogen and oxygen atoms in total. The maximum atomic E-state index is 14.6. The van der Waals surface area contributed by atoms with E-state index in [0.717, 1.165) is 6.07 Å². The van der Waals surface area contributed by atoms with Gasteiger partial charge >= 0.3 is 5.97 Å². The SMILES string of the molecule is C[C@@H](Oc1cc(N2CCN(CCn3cnc4c3nc(N)n3nc(-c5ccco5)nc43)CC2)c(F)cc1F)C(=O)O. The van der Waals surface area contributed by atoms with Gasteiger partial charge in [-0.2, -0.15) is 9.50 Å². The third-order valence-corrected chi connectivity index (χ3v) is 6.83. The molecule has 5 aromatic rings. The highest BCUT2D eigenvalue weighted by atomic mass is 19.1. The van der Waals surface area contributed by atoms with Gasteiger partial charge in [0.15, 0.2) is 40.2 Å². The van der Waals surface area contributed by atoms with Crippen molar-refractivity contribution in [1.82, 2.24) is 34.0 Å². The van der Waals surface area contributed by atoms with Crippen LogP contribution in [0.5, 0.6) is 5.75 Å². The van der Waals surface area contributed by atoms with E-state index in [-0.39, 0.29) is 17.4 Å². The maximum Gasteiger partial charge on any atom is 0.344 e. The molecule has 40 heavy (non-hydrogen) atoms. The molecule has 0 spiro atoms. The number of halogens is 2. The second-order valence-electron chi connectivity index (χ2n) is 9.39. The highest BCUT2D eigenvalue weighted by Crippen LogP contribution is 2.30. The molecule has 4 aromatic heterocycles. The van der Waals surface area contributed by atoms with Crippen molar-refractivity contribution in [2.45, 2.75) is 19.6 Å². The number of fused-ring (bicyclic) bond motifs is 3. The molecule has 1 aliphatic rings. The summed E-state index contributed by atoms with van der Waals surface area (Å²) < 4.78 is 42.7. The number of hydrogen-bond donors (Lipinski definition) is 2. The molecule has 0 bridgehead atoms. The molecule has 208 valence electrons. The van der Waals surface area contributed by atoms with Crippen LogP contribution in [0.4, 0.5) is 20.4 Å². The number of piperazine rings is 1. The van der Waals surface area contributed by atoms with Crippen molar-refractivity contribution in [3.05, 3.63) is 48.5 Å². The Morgan fingerprint density at radius 3 is 2.67 bits per heavy atom. The second-order valence-corrected chi connectivity index (χ2v) is 9.39. The molecule has 5 heterocycles. The first-order chi connectivity index (χ1) is 19.3. The Hall–Kier alpha value is -4.79. The quantitative estimate of drug-likeness (QED) is 0.291. The molecule has 15 heteroatoms. The van der Waals surface area contributed by atoms with Gasteiger partial charge in [0.25, 0.3) is 0 Å². The van der Waals surface area contributed by atoms with Crippen molar-refractivity contribution >= 4 is 34.4 Å². The molecule has 6 rings (SSSR count). The van der Waals surface area contributed by atoms with Crippen molar-refractivity contribution < 1.29 is 27.8 Å². The lowest BCUT2D eigenvalue weighted by atomic mass is 10.2. The summed E-state index contributed by atoms with van der Waals surface area (Å²) in [5.41, 5.74) is 7.96. The molecular weight excluding hydrogens is 528 g/mol. The first-order valence-corrected chi connectivity index (χ1v) is 12.5. The van der Waals surface area contributed by atoms with Gasteiger partial charge in [-0.05, 0) is 19.1 Å². The van der Waals surface area contributed by atoms with E-state index in [4.69, 9.17) is 20.0 Å². The lowest BCUT2D eigenvalue weighted by molar-refractivity contribution is -0.144. The van der Waals surface area contributed by atoms with Crippen LogP contribution in [-0.2, 0) is 11.3 Å². The van der Waals surface area contributed by atoms with Crippen LogP contribution in [0.15, 0.2) is 41.3 Å². The number of anilines is 2. The van der Waals surface area contributed by atoms with E-state index in [0.29, 0.717) is 67.7 Å². The van der Waals surface area contributed by atoms with E-state index in [1.807, 2.05) is 4.57 Å². The van der Waals surface area contributed by atoms with Crippen LogP contribution < -0.4 is 15.4 Å². The van der Waals surface area contributed by atoms with Crippen molar-refractivity contribution in [3.8, 4) is 17.3 Å². The second kappa shape index (κ2) is 10.1. The van der Waals surface area contributed by atoms with E-state index >= 15 is 0 Å². The van der Waals surface area contributed by atoms with Crippen molar-refractivity contribution in [3.63, 3.8) is 0 Å². The van der Waals surface area contributed by atoms with Gasteiger partial charge in [0.05, 0.1) is 18.3 Å². The average molecular weight is 554 g/mol. The third kappa shape index (κ3) is 4.64. The van der Waals surface area contributed by atoms with E-state index < -0.39 is 23.7 Å². The molecule has 1 fully saturated rings. The summed E-state index contributed by atoms with van der Waals surface area (Å²) in [7, 11) is 0. The van der Waals surface area contributed by atoms with Crippen LogP contribution in [0.2, 0.25) is 0 Å². The number of aromatic nitrogens is 6. The summed E-state index contributed by atoms with van der Waals surface area (Å²) in [5, 5.41) is 13.4. The summed E-state index contributed by atoms with van der Waals surface area (Å²) in [4.78, 5) is 28.6. The van der Waals surface area contributed by atoms with Crippen LogP contribution in [-0.4, -0.2) is 83.9 Å². The monoisotopic (exact) mass is 553 g/mol. The molecule has 0 unspecified atom stereocenters. The predicted octanol–water partition coefficient (Wildman–Crippen LogP) is 2.27. The number of aliphatic carboxylic acids is 1. The first-order valence-electron chi connectivity index (χ1n) is 12.5. The number of hydrogen-bond acceptors (Lipinski definition) is 10.